The average Bonchev–Trinajstić information content (AvgIpc) is 2.48. The second-order valence-electron chi connectivity index (χ2n) is 6.45. The van der Waals surface area contributed by atoms with Gasteiger partial charge < -0.3 is 10.1 Å². The normalized spacial score (nSPS) is 35.9. The van der Waals surface area contributed by atoms with Crippen molar-refractivity contribution in [1.29, 1.82) is 0 Å². The molecule has 3 nitrogen and oxygen atoms in total. The Labute approximate surface area is 122 Å². The Morgan fingerprint density at radius 2 is 2.10 bits per heavy atom. The molecule has 3 unspecified atom stereocenters. The zero-order valence-corrected chi connectivity index (χ0v) is 12.6. The summed E-state index contributed by atoms with van der Waals surface area (Å²) in [6, 6.07) is 11.5. The van der Waals surface area contributed by atoms with Crippen LogP contribution in [0.1, 0.15) is 32.3 Å². The molecule has 3 atom stereocenters. The Hall–Kier alpha value is -0.900. The maximum atomic E-state index is 5.69. The minimum atomic E-state index is 0.0705. The van der Waals surface area contributed by atoms with Crippen LogP contribution in [0.25, 0.3) is 0 Å². The van der Waals surface area contributed by atoms with E-state index in [0.29, 0.717) is 12.1 Å². The third kappa shape index (κ3) is 2.90. The van der Waals surface area contributed by atoms with E-state index in [9.17, 15) is 0 Å². The lowest BCUT2D eigenvalue weighted by Gasteiger charge is -2.46. The van der Waals surface area contributed by atoms with E-state index >= 15 is 0 Å². The smallest absolute Gasteiger partial charge is 0.0561 e. The number of rotatable bonds is 2. The zero-order valence-electron chi connectivity index (χ0n) is 12.6. The lowest BCUT2D eigenvalue weighted by Crippen LogP contribution is -2.59. The fourth-order valence-electron chi connectivity index (χ4n) is 3.63. The molecule has 0 radical (unpaired) electrons. The molecule has 3 heteroatoms. The molecule has 2 heterocycles. The predicted octanol–water partition coefficient (Wildman–Crippen LogP) is 2.37. The summed E-state index contributed by atoms with van der Waals surface area (Å²) in [7, 11) is 0. The van der Waals surface area contributed by atoms with Crippen molar-refractivity contribution in [1.82, 2.24) is 10.2 Å². The van der Waals surface area contributed by atoms with Crippen LogP contribution in [0.2, 0.25) is 0 Å². The summed E-state index contributed by atoms with van der Waals surface area (Å²) in [5.74, 6) is 0. The third-order valence-corrected chi connectivity index (χ3v) is 4.82. The van der Waals surface area contributed by atoms with Gasteiger partial charge in [0.1, 0.15) is 0 Å². The summed E-state index contributed by atoms with van der Waals surface area (Å²) in [6.45, 7) is 8.76. The molecule has 0 aliphatic carbocycles. The van der Waals surface area contributed by atoms with E-state index in [1.807, 2.05) is 0 Å². The molecular formula is C17H26N2O. The number of benzene rings is 1. The zero-order chi connectivity index (χ0) is 14.0. The van der Waals surface area contributed by atoms with Gasteiger partial charge in [-0.15, -0.1) is 0 Å². The van der Waals surface area contributed by atoms with Gasteiger partial charge in [-0.3, -0.25) is 4.90 Å². The van der Waals surface area contributed by atoms with Crippen LogP contribution < -0.4 is 5.32 Å². The number of ether oxygens (including phenoxy) is 1. The summed E-state index contributed by atoms with van der Waals surface area (Å²) >= 11 is 0. The Morgan fingerprint density at radius 3 is 2.85 bits per heavy atom. The van der Waals surface area contributed by atoms with Crippen molar-refractivity contribution >= 4 is 0 Å². The summed E-state index contributed by atoms with van der Waals surface area (Å²) in [5.41, 5.74) is 1.46. The van der Waals surface area contributed by atoms with Crippen molar-refractivity contribution in [2.24, 2.45) is 0 Å². The Kier molecular flexibility index (Phi) is 4.11. The largest absolute Gasteiger partial charge is 0.378 e. The van der Waals surface area contributed by atoms with E-state index in [-0.39, 0.29) is 5.54 Å². The monoisotopic (exact) mass is 274 g/mol. The van der Waals surface area contributed by atoms with E-state index in [2.05, 4.69) is 54.4 Å². The molecular weight excluding hydrogens is 248 g/mol. The van der Waals surface area contributed by atoms with Gasteiger partial charge in [0.15, 0.2) is 0 Å². The molecule has 0 saturated carbocycles. The van der Waals surface area contributed by atoms with Crippen LogP contribution in [-0.2, 0) is 10.3 Å². The van der Waals surface area contributed by atoms with Crippen molar-refractivity contribution in [2.75, 3.05) is 26.2 Å². The summed E-state index contributed by atoms with van der Waals surface area (Å²) < 4.78 is 5.69. The number of nitrogens with one attached hydrogen (secondary N) is 1. The number of hydrogen-bond donors (Lipinski definition) is 1. The van der Waals surface area contributed by atoms with Crippen LogP contribution in [-0.4, -0.2) is 43.3 Å². The van der Waals surface area contributed by atoms with Crippen molar-refractivity contribution < 1.29 is 4.74 Å². The molecule has 2 saturated heterocycles. The molecule has 0 aromatic heterocycles. The molecule has 3 rings (SSSR count). The van der Waals surface area contributed by atoms with Gasteiger partial charge in [0.25, 0.3) is 0 Å². The quantitative estimate of drug-likeness (QED) is 0.896. The van der Waals surface area contributed by atoms with Crippen molar-refractivity contribution in [3.05, 3.63) is 35.9 Å². The highest BCUT2D eigenvalue weighted by Gasteiger charge is 2.36. The van der Waals surface area contributed by atoms with Crippen LogP contribution in [0.15, 0.2) is 30.3 Å². The van der Waals surface area contributed by atoms with Gasteiger partial charge in [0, 0.05) is 32.3 Å². The molecule has 1 aromatic rings. The van der Waals surface area contributed by atoms with Crippen LogP contribution in [0.5, 0.6) is 0 Å². The fourth-order valence-corrected chi connectivity index (χ4v) is 3.63. The minimum absolute atomic E-state index is 0.0705. The van der Waals surface area contributed by atoms with Gasteiger partial charge in [0.05, 0.1) is 11.6 Å². The second-order valence-corrected chi connectivity index (χ2v) is 6.45. The molecule has 0 amide bonds. The second kappa shape index (κ2) is 5.84. The van der Waals surface area contributed by atoms with E-state index in [1.54, 1.807) is 0 Å². The minimum Gasteiger partial charge on any atom is -0.378 e. The molecule has 2 aliphatic heterocycles. The number of nitrogens with zero attached hydrogens (tertiary/aromatic N) is 1. The van der Waals surface area contributed by atoms with Crippen LogP contribution in [0.3, 0.4) is 0 Å². The molecule has 2 aliphatic rings. The van der Waals surface area contributed by atoms with Gasteiger partial charge in [-0.25, -0.2) is 0 Å². The molecule has 2 fully saturated rings. The van der Waals surface area contributed by atoms with E-state index in [0.717, 1.165) is 26.2 Å². The molecule has 110 valence electrons. The molecule has 0 bridgehead atoms. The predicted molar refractivity (Wildman–Crippen MR) is 81.8 cm³/mol. The third-order valence-electron chi connectivity index (χ3n) is 4.82. The van der Waals surface area contributed by atoms with Gasteiger partial charge in [-0.2, -0.15) is 0 Å². The summed E-state index contributed by atoms with van der Waals surface area (Å²) in [6.07, 6.45) is 2.76. The molecule has 20 heavy (non-hydrogen) atoms. The first-order valence-corrected chi connectivity index (χ1v) is 7.83. The van der Waals surface area contributed by atoms with Gasteiger partial charge in [0.2, 0.25) is 0 Å². The van der Waals surface area contributed by atoms with Gasteiger partial charge >= 0.3 is 0 Å². The fraction of sp³-hybridized carbons (Fsp3) is 0.647. The highest BCUT2D eigenvalue weighted by Crippen LogP contribution is 2.28. The van der Waals surface area contributed by atoms with Crippen LogP contribution in [0, 0.1) is 0 Å². The number of piperazine rings is 1. The maximum Gasteiger partial charge on any atom is 0.0561 e. The first-order chi connectivity index (χ1) is 9.67. The Balaban J connectivity index is 1.73. The van der Waals surface area contributed by atoms with E-state index < -0.39 is 0 Å². The summed E-state index contributed by atoms with van der Waals surface area (Å²) in [4.78, 5) is 2.67. The van der Waals surface area contributed by atoms with E-state index in [4.69, 9.17) is 4.74 Å². The lowest BCUT2D eigenvalue weighted by atomic mass is 9.88. The average molecular weight is 274 g/mol. The van der Waals surface area contributed by atoms with E-state index in [1.165, 1.54) is 18.4 Å². The Morgan fingerprint density at radius 1 is 1.30 bits per heavy atom. The van der Waals surface area contributed by atoms with Gasteiger partial charge in [-0.05, 0) is 32.3 Å². The topological polar surface area (TPSA) is 24.5 Å². The molecule has 0 spiro atoms. The van der Waals surface area contributed by atoms with Crippen LogP contribution in [0.4, 0.5) is 0 Å². The van der Waals surface area contributed by atoms with Crippen molar-refractivity contribution in [3.8, 4) is 0 Å². The number of hydrogen-bond acceptors (Lipinski definition) is 3. The summed E-state index contributed by atoms with van der Waals surface area (Å²) in [5, 5.41) is 3.72. The first-order valence-electron chi connectivity index (χ1n) is 7.83. The Bertz CT molecular complexity index is 436. The van der Waals surface area contributed by atoms with Gasteiger partial charge in [-0.1, -0.05) is 30.3 Å². The molecule has 1 N–H and O–H groups in total. The van der Waals surface area contributed by atoms with Crippen molar-refractivity contribution in [2.45, 2.75) is 44.4 Å². The standard InChI is InChI=1S/C17H26N2O/c1-14-12-16(8-11-20-14)19-10-9-18-17(2,13-19)15-6-4-3-5-7-15/h3-7,14,16,18H,8-13H2,1-2H3. The first kappa shape index (κ1) is 14.1. The SMILES string of the molecule is CC1CC(N2CCNC(C)(c3ccccc3)C2)CCO1. The van der Waals surface area contributed by atoms with Crippen LogP contribution >= 0.6 is 0 Å². The van der Waals surface area contributed by atoms with Crippen molar-refractivity contribution in [3.63, 3.8) is 0 Å². The highest BCUT2D eigenvalue weighted by molar-refractivity contribution is 5.25. The highest BCUT2D eigenvalue weighted by atomic mass is 16.5. The molecule has 1 aromatic carbocycles. The maximum absolute atomic E-state index is 5.69. The lowest BCUT2D eigenvalue weighted by molar-refractivity contribution is -0.0299.